The number of hydrogen-bond donors (Lipinski definition) is 0. The second-order valence-corrected chi connectivity index (χ2v) is 18.6. The number of pyridine rings is 1. The third-order valence-electron chi connectivity index (χ3n) is 11.5. The van der Waals surface area contributed by atoms with Crippen molar-refractivity contribution in [2.75, 3.05) is 13.2 Å². The molecule has 12 heteroatoms. The van der Waals surface area contributed by atoms with Crippen molar-refractivity contribution in [1.29, 1.82) is 0 Å². The predicted molar refractivity (Wildman–Crippen MR) is 174 cm³/mol. The molecule has 2 aromatic rings. The van der Waals surface area contributed by atoms with Gasteiger partial charge in [0.2, 0.25) is 0 Å². The van der Waals surface area contributed by atoms with Crippen molar-refractivity contribution in [2.45, 2.75) is 134 Å². The van der Waals surface area contributed by atoms with Crippen molar-refractivity contribution < 1.29 is 43.2 Å². The van der Waals surface area contributed by atoms with Gasteiger partial charge in [-0.3, -0.25) is 9.78 Å². The van der Waals surface area contributed by atoms with E-state index in [2.05, 4.69) is 34.6 Å². The molecule has 2 fully saturated rings. The topological polar surface area (TPSA) is 66.9 Å². The molecule has 6 rings (SSSR count). The lowest BCUT2D eigenvalue weighted by Crippen LogP contribution is -2.48. The molecule has 3 heterocycles. The summed E-state index contributed by atoms with van der Waals surface area (Å²) in [5.41, 5.74) is 1.94. The van der Waals surface area contributed by atoms with Crippen LogP contribution in [0.2, 0.25) is 0 Å². The summed E-state index contributed by atoms with van der Waals surface area (Å²) in [6.45, 7) is 16.7. The van der Waals surface area contributed by atoms with Gasteiger partial charge < -0.3 is 18.9 Å². The van der Waals surface area contributed by atoms with Crippen molar-refractivity contribution in [3.05, 3.63) is 57.9 Å². The summed E-state index contributed by atoms with van der Waals surface area (Å²) < 4.78 is 94.7. The Bertz CT molecular complexity index is 1610. The molecule has 268 valence electrons. The molecule has 0 radical (unpaired) electrons. The van der Waals surface area contributed by atoms with Gasteiger partial charge in [-0.2, -0.15) is 0 Å². The zero-order chi connectivity index (χ0) is 35.4. The van der Waals surface area contributed by atoms with Crippen LogP contribution in [0, 0.1) is 10.8 Å². The highest BCUT2D eigenvalue weighted by Crippen LogP contribution is 3.02. The number of halogens is 5. The smallest absolute Gasteiger partial charge is 0.310 e. The third-order valence-corrected chi connectivity index (χ3v) is 12.6. The molecule has 2 aliphatic heterocycles. The Morgan fingerprint density at radius 1 is 0.958 bits per heavy atom. The Morgan fingerprint density at radius 2 is 1.56 bits per heavy atom. The minimum atomic E-state index is -9.89. The lowest BCUT2D eigenvalue weighted by atomic mass is 9.57. The number of nitrogens with zero attached hydrogens (tertiary/aromatic N) is 1. The maximum absolute atomic E-state index is 13.7. The van der Waals surface area contributed by atoms with E-state index in [9.17, 15) is 24.2 Å². The zero-order valence-electron chi connectivity index (χ0n) is 29.1. The van der Waals surface area contributed by atoms with Crippen LogP contribution in [0.1, 0.15) is 152 Å². The molecule has 1 saturated carbocycles. The quantitative estimate of drug-likeness (QED) is 0.221. The number of benzene rings is 1. The Hall–Kier alpha value is -2.28. The van der Waals surface area contributed by atoms with E-state index in [4.69, 9.17) is 23.9 Å². The fraction of sp³-hybridized carbons (Fsp3) is 0.667. The van der Waals surface area contributed by atoms with Crippen LogP contribution in [0.5, 0.6) is 0 Å². The maximum atomic E-state index is 13.7. The monoisotopic (exact) mass is 701 g/mol. The van der Waals surface area contributed by atoms with Gasteiger partial charge in [0.15, 0.2) is 0 Å². The second-order valence-electron chi connectivity index (χ2n) is 16.2. The second kappa shape index (κ2) is 10.6. The average molecular weight is 702 g/mol. The first-order valence-electron chi connectivity index (χ1n) is 16.9. The SMILES string of the molecule is CC(=O)O[C@H]1c2nc(C(C)C)c3c(c2[C@@H](OC(C)(C)C(C)(C)C)CC12CCC2)C1(CCOCC1)O[C@@H]3c1ccc(S(F)(F)(F)(F)F)cc1. The number of aromatic nitrogens is 1. The van der Waals surface area contributed by atoms with Crippen LogP contribution in [0.25, 0.3) is 0 Å². The molecule has 0 bridgehead atoms. The van der Waals surface area contributed by atoms with Crippen LogP contribution in [-0.2, 0) is 29.3 Å². The standard InChI is InChI=1S/C36H48F5NO5S/c1-21(2)29-27-28(36(16-18-44-19-17-36)47-31(27)23-10-12-24(13-11-23)48(37,38,39,40)41)26-25(46-34(7,8)33(4,5)6)20-35(14-9-15-35)32(30(26)42-29)45-22(3)43/h10-13,21,25,31-32H,9,14-20H2,1-8H3/t25-,31+,32-/m0/s1. The van der Waals surface area contributed by atoms with Crippen LogP contribution < -0.4 is 0 Å². The first-order chi connectivity index (χ1) is 21.9. The molecule has 1 aromatic heterocycles. The van der Waals surface area contributed by atoms with Crippen LogP contribution in [0.15, 0.2) is 29.2 Å². The molecule has 0 unspecified atom stereocenters. The van der Waals surface area contributed by atoms with Gasteiger partial charge in [-0.25, -0.2) is 0 Å². The van der Waals surface area contributed by atoms with Crippen molar-refractivity contribution in [3.8, 4) is 0 Å². The number of rotatable bonds is 6. The molecular weight excluding hydrogens is 653 g/mol. The maximum Gasteiger partial charge on any atom is 0.310 e. The average Bonchev–Trinajstić information content (AvgIpc) is 3.25. The number of fused-ring (bicyclic) bond motifs is 4. The van der Waals surface area contributed by atoms with Crippen LogP contribution >= 0.6 is 10.2 Å². The molecule has 4 aliphatic rings. The predicted octanol–water partition coefficient (Wildman–Crippen LogP) is 11.0. The summed E-state index contributed by atoms with van der Waals surface area (Å²) in [5.74, 6) is -0.560. The van der Waals surface area contributed by atoms with Gasteiger partial charge in [0.1, 0.15) is 17.1 Å². The van der Waals surface area contributed by atoms with Gasteiger partial charge in [0, 0.05) is 55.2 Å². The van der Waals surface area contributed by atoms with E-state index in [1.807, 2.05) is 13.8 Å². The number of carbonyl (C=O) groups is 1. The Kier molecular flexibility index (Phi) is 7.86. The molecule has 1 aromatic carbocycles. The highest BCUT2D eigenvalue weighted by molar-refractivity contribution is 8.45. The van der Waals surface area contributed by atoms with Crippen molar-refractivity contribution >= 4 is 16.2 Å². The number of hydrogen-bond acceptors (Lipinski definition) is 6. The summed E-state index contributed by atoms with van der Waals surface area (Å²) in [7, 11) is -9.89. The molecule has 0 N–H and O–H groups in total. The van der Waals surface area contributed by atoms with E-state index < -0.39 is 50.6 Å². The molecule has 48 heavy (non-hydrogen) atoms. The molecule has 2 aliphatic carbocycles. The zero-order valence-corrected chi connectivity index (χ0v) is 29.9. The minimum Gasteiger partial charge on any atom is -0.455 e. The normalized spacial score (nSPS) is 26.4. The Balaban J connectivity index is 1.64. The summed E-state index contributed by atoms with van der Waals surface area (Å²) >= 11 is 0. The largest absolute Gasteiger partial charge is 0.455 e. The van der Waals surface area contributed by atoms with Gasteiger partial charge in [-0.15, -0.1) is 0 Å². The first-order valence-corrected chi connectivity index (χ1v) is 18.9. The van der Waals surface area contributed by atoms with Crippen LogP contribution in [0.4, 0.5) is 19.4 Å². The summed E-state index contributed by atoms with van der Waals surface area (Å²) in [4.78, 5) is 16.0. The van der Waals surface area contributed by atoms with Gasteiger partial charge in [-0.1, -0.05) is 72.6 Å². The fourth-order valence-corrected chi connectivity index (χ4v) is 8.52. The van der Waals surface area contributed by atoms with E-state index in [0.717, 1.165) is 48.1 Å². The van der Waals surface area contributed by atoms with E-state index in [-0.39, 0.29) is 16.7 Å². The van der Waals surface area contributed by atoms with E-state index in [1.54, 1.807) is 0 Å². The van der Waals surface area contributed by atoms with E-state index >= 15 is 0 Å². The van der Waals surface area contributed by atoms with Crippen LogP contribution in [-0.4, -0.2) is 29.8 Å². The molecule has 2 spiro atoms. The number of ether oxygens (including phenoxy) is 4. The first kappa shape index (κ1) is 35.5. The number of carbonyl (C=O) groups excluding carboxylic acids is 1. The Labute approximate surface area is 280 Å². The highest BCUT2D eigenvalue weighted by Gasteiger charge is 2.65. The van der Waals surface area contributed by atoms with Gasteiger partial charge in [-0.05, 0) is 67.7 Å². The summed E-state index contributed by atoms with van der Waals surface area (Å²) in [6.07, 6.45) is 2.31. The van der Waals surface area contributed by atoms with Gasteiger partial charge in [0.05, 0.1) is 23.0 Å². The van der Waals surface area contributed by atoms with Crippen molar-refractivity contribution in [2.24, 2.45) is 10.8 Å². The van der Waals surface area contributed by atoms with Crippen molar-refractivity contribution in [3.63, 3.8) is 0 Å². The fourth-order valence-electron chi connectivity index (χ4n) is 7.87. The summed E-state index contributed by atoms with van der Waals surface area (Å²) in [5, 5.41) is 0. The lowest BCUT2D eigenvalue weighted by Gasteiger charge is -2.54. The van der Waals surface area contributed by atoms with Crippen molar-refractivity contribution in [1.82, 2.24) is 4.98 Å². The lowest BCUT2D eigenvalue weighted by molar-refractivity contribution is -0.188. The highest BCUT2D eigenvalue weighted by atomic mass is 32.5. The van der Waals surface area contributed by atoms with Gasteiger partial charge in [0.25, 0.3) is 0 Å². The van der Waals surface area contributed by atoms with Crippen LogP contribution in [0.3, 0.4) is 0 Å². The van der Waals surface area contributed by atoms with E-state index in [1.165, 1.54) is 6.92 Å². The molecule has 6 nitrogen and oxygen atoms in total. The molecule has 0 amide bonds. The Morgan fingerprint density at radius 3 is 2.04 bits per heavy atom. The number of esters is 1. The van der Waals surface area contributed by atoms with E-state index in [0.29, 0.717) is 61.6 Å². The molecule has 1 saturated heterocycles. The third kappa shape index (κ3) is 5.96. The molecular formula is C36H48F5NO5S. The minimum absolute atomic E-state index is 0.156. The van der Waals surface area contributed by atoms with Gasteiger partial charge >= 0.3 is 16.2 Å². The summed E-state index contributed by atoms with van der Waals surface area (Å²) in [6, 6.07) is 3.08. The molecule has 3 atom stereocenters.